The van der Waals surface area contributed by atoms with Crippen LogP contribution in [0, 0.1) is 0 Å². The maximum absolute atomic E-state index is 11.5. The summed E-state index contributed by atoms with van der Waals surface area (Å²) >= 11 is 0. The minimum Gasteiger partial charge on any atom is -0.368 e. The Kier molecular flexibility index (Phi) is 7.17. The third-order valence-electron chi connectivity index (χ3n) is 2.79. The lowest BCUT2D eigenvalue weighted by molar-refractivity contribution is -0.192. The number of hydrogen-bond donors (Lipinski definition) is 1. The van der Waals surface area contributed by atoms with Gasteiger partial charge in [-0.05, 0) is 6.42 Å². The number of nitrogens with one attached hydrogen (secondary N) is 1. The van der Waals surface area contributed by atoms with Crippen molar-refractivity contribution >= 4 is 5.97 Å². The van der Waals surface area contributed by atoms with Crippen molar-refractivity contribution in [1.29, 1.82) is 0 Å². The van der Waals surface area contributed by atoms with E-state index in [-0.39, 0.29) is 5.97 Å². The molecule has 4 nitrogen and oxygen atoms in total. The van der Waals surface area contributed by atoms with E-state index in [2.05, 4.69) is 12.2 Å². The zero-order valence-electron chi connectivity index (χ0n) is 10.3. The lowest BCUT2D eigenvalue weighted by Crippen LogP contribution is -2.44. The second kappa shape index (κ2) is 8.53. The molecule has 1 fully saturated rings. The van der Waals surface area contributed by atoms with Gasteiger partial charge in [-0.1, -0.05) is 32.6 Å². The van der Waals surface area contributed by atoms with E-state index in [1.807, 2.05) is 0 Å². The summed E-state index contributed by atoms with van der Waals surface area (Å²) in [6.07, 6.45) is 6.42. The van der Waals surface area contributed by atoms with Gasteiger partial charge in [0.05, 0.1) is 0 Å². The van der Waals surface area contributed by atoms with E-state index in [1.54, 1.807) is 5.06 Å². The molecular weight excluding hydrogens is 204 g/mol. The Bertz CT molecular complexity index is 191. The second-order valence-electron chi connectivity index (χ2n) is 4.31. The number of carbonyl (C=O) groups is 1. The van der Waals surface area contributed by atoms with E-state index in [0.717, 1.165) is 39.0 Å². The molecule has 0 atom stereocenters. The smallest absolute Gasteiger partial charge is 0.325 e. The molecule has 0 unspecified atom stereocenters. The molecule has 1 aliphatic heterocycles. The largest absolute Gasteiger partial charge is 0.368 e. The van der Waals surface area contributed by atoms with E-state index in [0.29, 0.717) is 6.42 Å². The highest BCUT2D eigenvalue weighted by Crippen LogP contribution is 2.06. The monoisotopic (exact) mass is 228 g/mol. The fourth-order valence-corrected chi connectivity index (χ4v) is 1.80. The van der Waals surface area contributed by atoms with Crippen molar-refractivity contribution in [2.75, 3.05) is 26.2 Å². The van der Waals surface area contributed by atoms with Crippen molar-refractivity contribution in [2.45, 2.75) is 45.4 Å². The molecule has 0 saturated carbocycles. The average molecular weight is 228 g/mol. The molecule has 0 aliphatic carbocycles. The Labute approximate surface area is 98.3 Å². The maximum atomic E-state index is 11.5. The van der Waals surface area contributed by atoms with Crippen molar-refractivity contribution in [3.05, 3.63) is 0 Å². The van der Waals surface area contributed by atoms with Crippen LogP contribution in [-0.2, 0) is 9.63 Å². The molecule has 0 aromatic heterocycles. The zero-order valence-corrected chi connectivity index (χ0v) is 10.3. The first-order valence-electron chi connectivity index (χ1n) is 6.49. The van der Waals surface area contributed by atoms with Gasteiger partial charge in [0.2, 0.25) is 0 Å². The van der Waals surface area contributed by atoms with Crippen LogP contribution >= 0.6 is 0 Å². The van der Waals surface area contributed by atoms with Gasteiger partial charge in [0.15, 0.2) is 0 Å². The predicted octanol–water partition coefficient (Wildman–Crippen LogP) is 1.71. The average Bonchev–Trinajstić information content (AvgIpc) is 2.30. The number of hydrogen-bond acceptors (Lipinski definition) is 4. The predicted molar refractivity (Wildman–Crippen MR) is 63.9 cm³/mol. The summed E-state index contributed by atoms with van der Waals surface area (Å²) in [4.78, 5) is 16.7. The quantitative estimate of drug-likeness (QED) is 0.674. The fraction of sp³-hybridized carbons (Fsp3) is 0.917. The number of nitrogens with zero attached hydrogens (tertiary/aromatic N) is 1. The first-order valence-corrected chi connectivity index (χ1v) is 6.49. The molecule has 94 valence electrons. The van der Waals surface area contributed by atoms with Gasteiger partial charge in [0, 0.05) is 32.6 Å². The van der Waals surface area contributed by atoms with E-state index < -0.39 is 0 Å². The molecular formula is C12H24N2O2. The van der Waals surface area contributed by atoms with Crippen LogP contribution in [0.2, 0.25) is 0 Å². The minimum atomic E-state index is -0.0709. The summed E-state index contributed by atoms with van der Waals surface area (Å²) < 4.78 is 0. The van der Waals surface area contributed by atoms with Crippen LogP contribution in [0.4, 0.5) is 0 Å². The highest BCUT2D eigenvalue weighted by atomic mass is 16.7. The Morgan fingerprint density at radius 1 is 1.19 bits per heavy atom. The van der Waals surface area contributed by atoms with Gasteiger partial charge in [0.1, 0.15) is 0 Å². The fourth-order valence-electron chi connectivity index (χ4n) is 1.80. The van der Waals surface area contributed by atoms with Crippen molar-refractivity contribution in [3.63, 3.8) is 0 Å². The first-order chi connectivity index (χ1) is 7.83. The van der Waals surface area contributed by atoms with E-state index in [4.69, 9.17) is 4.84 Å². The van der Waals surface area contributed by atoms with Crippen molar-refractivity contribution in [2.24, 2.45) is 0 Å². The molecule has 0 aromatic carbocycles. The van der Waals surface area contributed by atoms with Gasteiger partial charge >= 0.3 is 5.97 Å². The molecule has 0 amide bonds. The van der Waals surface area contributed by atoms with Gasteiger partial charge in [-0.15, -0.1) is 5.06 Å². The van der Waals surface area contributed by atoms with Crippen LogP contribution < -0.4 is 5.32 Å². The van der Waals surface area contributed by atoms with Gasteiger partial charge in [-0.2, -0.15) is 0 Å². The molecule has 0 aromatic rings. The third-order valence-corrected chi connectivity index (χ3v) is 2.79. The van der Waals surface area contributed by atoms with Crippen LogP contribution in [0.25, 0.3) is 0 Å². The number of unbranched alkanes of at least 4 members (excludes halogenated alkanes) is 4. The Morgan fingerprint density at radius 3 is 2.56 bits per heavy atom. The SMILES string of the molecule is CCCCCCCC(=O)ON1CCNCC1. The van der Waals surface area contributed by atoms with Crippen LogP contribution in [0.5, 0.6) is 0 Å². The summed E-state index contributed by atoms with van der Waals surface area (Å²) in [5.74, 6) is -0.0709. The number of rotatable bonds is 7. The highest BCUT2D eigenvalue weighted by molar-refractivity contribution is 5.68. The van der Waals surface area contributed by atoms with E-state index >= 15 is 0 Å². The minimum absolute atomic E-state index is 0.0709. The van der Waals surface area contributed by atoms with Gasteiger partial charge in [-0.25, -0.2) is 0 Å². The van der Waals surface area contributed by atoms with Crippen LogP contribution in [0.1, 0.15) is 45.4 Å². The Hall–Kier alpha value is -0.610. The summed E-state index contributed by atoms with van der Waals surface area (Å²) in [6.45, 7) is 5.62. The molecule has 1 saturated heterocycles. The molecule has 1 N–H and O–H groups in total. The number of piperazine rings is 1. The zero-order chi connectivity index (χ0) is 11.6. The standard InChI is InChI=1S/C12H24N2O2/c1-2-3-4-5-6-7-12(15)16-14-10-8-13-9-11-14/h13H,2-11H2,1H3. The molecule has 0 spiro atoms. The summed E-state index contributed by atoms with van der Waals surface area (Å²) in [5, 5.41) is 4.99. The molecule has 1 aliphatic rings. The van der Waals surface area contributed by atoms with Crippen LogP contribution in [-0.4, -0.2) is 37.2 Å². The first kappa shape index (κ1) is 13.5. The molecule has 1 rings (SSSR count). The maximum Gasteiger partial charge on any atom is 0.325 e. The van der Waals surface area contributed by atoms with Crippen LogP contribution in [0.3, 0.4) is 0 Å². The second-order valence-corrected chi connectivity index (χ2v) is 4.31. The number of hydroxylamine groups is 2. The Balaban J connectivity index is 1.97. The lowest BCUT2D eigenvalue weighted by atomic mass is 10.1. The molecule has 1 heterocycles. The third kappa shape index (κ3) is 6.08. The van der Waals surface area contributed by atoms with E-state index in [1.165, 1.54) is 19.3 Å². The topological polar surface area (TPSA) is 41.6 Å². The molecule has 0 bridgehead atoms. The summed E-state index contributed by atoms with van der Waals surface area (Å²) in [6, 6.07) is 0. The summed E-state index contributed by atoms with van der Waals surface area (Å²) in [5.41, 5.74) is 0. The lowest BCUT2D eigenvalue weighted by Gasteiger charge is -2.25. The molecule has 4 heteroatoms. The van der Waals surface area contributed by atoms with Gasteiger partial charge < -0.3 is 10.2 Å². The highest BCUT2D eigenvalue weighted by Gasteiger charge is 2.13. The molecule has 0 radical (unpaired) electrons. The van der Waals surface area contributed by atoms with E-state index in [9.17, 15) is 4.79 Å². The van der Waals surface area contributed by atoms with Crippen molar-refractivity contribution < 1.29 is 9.63 Å². The Morgan fingerprint density at radius 2 is 1.88 bits per heavy atom. The van der Waals surface area contributed by atoms with Crippen LogP contribution in [0.15, 0.2) is 0 Å². The molecule has 16 heavy (non-hydrogen) atoms. The van der Waals surface area contributed by atoms with Crippen molar-refractivity contribution in [3.8, 4) is 0 Å². The number of carbonyl (C=O) groups excluding carboxylic acids is 1. The summed E-state index contributed by atoms with van der Waals surface area (Å²) in [7, 11) is 0. The van der Waals surface area contributed by atoms with Gasteiger partial charge in [-0.3, -0.25) is 4.79 Å². The van der Waals surface area contributed by atoms with Crippen molar-refractivity contribution in [1.82, 2.24) is 10.4 Å². The van der Waals surface area contributed by atoms with Gasteiger partial charge in [0.25, 0.3) is 0 Å². The normalized spacial score (nSPS) is 17.3.